The van der Waals surface area contributed by atoms with Crippen LogP contribution in [0.15, 0.2) is 30.3 Å². The molecule has 0 aromatic heterocycles. The molecule has 0 unspecified atom stereocenters. The average molecular weight is 218 g/mol. The molecule has 0 bridgehead atoms. The standard InChI is InChI=1S/C15H22O/c1-12(10-14(3)16)9-13(2)11-15-7-5-4-6-8-15/h4-8,12-13H,9-11H2,1-3H3/t12-,13+/m0/s1. The number of carbonyl (C=O) groups excluding carboxylic acids is 1. The van der Waals surface area contributed by atoms with Crippen LogP contribution in [0.3, 0.4) is 0 Å². The molecule has 0 aliphatic rings. The van der Waals surface area contributed by atoms with E-state index in [1.54, 1.807) is 6.92 Å². The Morgan fingerprint density at radius 1 is 1.12 bits per heavy atom. The van der Waals surface area contributed by atoms with Gasteiger partial charge in [-0.15, -0.1) is 0 Å². The molecule has 88 valence electrons. The van der Waals surface area contributed by atoms with E-state index in [1.807, 2.05) is 6.07 Å². The van der Waals surface area contributed by atoms with E-state index in [0.29, 0.717) is 17.6 Å². The molecule has 0 radical (unpaired) electrons. The maximum absolute atomic E-state index is 11.0. The molecule has 1 nitrogen and oxygen atoms in total. The summed E-state index contributed by atoms with van der Waals surface area (Å²) in [4.78, 5) is 11.0. The SMILES string of the molecule is CC(=O)C[C@@H](C)C[C@@H](C)Cc1ccccc1. The van der Waals surface area contributed by atoms with Gasteiger partial charge in [0.25, 0.3) is 0 Å². The van der Waals surface area contributed by atoms with Crippen molar-refractivity contribution in [1.82, 2.24) is 0 Å². The highest BCUT2D eigenvalue weighted by Gasteiger charge is 2.11. The zero-order valence-electron chi connectivity index (χ0n) is 10.6. The Balaban J connectivity index is 2.36. The van der Waals surface area contributed by atoms with Crippen LogP contribution < -0.4 is 0 Å². The third-order valence-corrected chi connectivity index (χ3v) is 2.87. The molecule has 0 heterocycles. The Morgan fingerprint density at radius 2 is 1.75 bits per heavy atom. The molecule has 1 aromatic rings. The van der Waals surface area contributed by atoms with Gasteiger partial charge in [-0.25, -0.2) is 0 Å². The molecule has 0 spiro atoms. The van der Waals surface area contributed by atoms with Crippen molar-refractivity contribution in [2.45, 2.75) is 40.0 Å². The van der Waals surface area contributed by atoms with Crippen molar-refractivity contribution in [1.29, 1.82) is 0 Å². The Kier molecular flexibility index (Phi) is 5.24. The van der Waals surface area contributed by atoms with E-state index in [4.69, 9.17) is 0 Å². The zero-order valence-corrected chi connectivity index (χ0v) is 10.6. The molecule has 0 aliphatic carbocycles. The van der Waals surface area contributed by atoms with Gasteiger partial charge in [0, 0.05) is 6.42 Å². The van der Waals surface area contributed by atoms with Gasteiger partial charge in [-0.2, -0.15) is 0 Å². The summed E-state index contributed by atoms with van der Waals surface area (Å²) in [7, 11) is 0. The summed E-state index contributed by atoms with van der Waals surface area (Å²) >= 11 is 0. The Labute approximate surface area is 98.9 Å². The second kappa shape index (κ2) is 6.47. The minimum Gasteiger partial charge on any atom is -0.300 e. The minimum atomic E-state index is 0.305. The van der Waals surface area contributed by atoms with E-state index < -0.39 is 0 Å². The zero-order chi connectivity index (χ0) is 12.0. The van der Waals surface area contributed by atoms with E-state index in [-0.39, 0.29) is 0 Å². The summed E-state index contributed by atoms with van der Waals surface area (Å²) < 4.78 is 0. The van der Waals surface area contributed by atoms with Gasteiger partial charge in [-0.05, 0) is 37.2 Å². The van der Waals surface area contributed by atoms with E-state index in [9.17, 15) is 4.79 Å². The first-order valence-electron chi connectivity index (χ1n) is 6.11. The fourth-order valence-corrected chi connectivity index (χ4v) is 2.36. The molecule has 0 aliphatic heterocycles. The van der Waals surface area contributed by atoms with Crippen molar-refractivity contribution < 1.29 is 4.79 Å². The van der Waals surface area contributed by atoms with Crippen molar-refractivity contribution >= 4 is 5.78 Å². The molecule has 1 aromatic carbocycles. The van der Waals surface area contributed by atoms with Crippen LogP contribution in [0.4, 0.5) is 0 Å². The lowest BCUT2D eigenvalue weighted by Gasteiger charge is -2.16. The minimum absolute atomic E-state index is 0.305. The first kappa shape index (κ1) is 13.0. The number of carbonyl (C=O) groups is 1. The van der Waals surface area contributed by atoms with Gasteiger partial charge in [0.05, 0.1) is 0 Å². The molecule has 0 N–H and O–H groups in total. The predicted molar refractivity (Wildman–Crippen MR) is 68.4 cm³/mol. The lowest BCUT2D eigenvalue weighted by atomic mass is 9.89. The summed E-state index contributed by atoms with van der Waals surface area (Å²) in [5, 5.41) is 0. The second-order valence-corrected chi connectivity index (χ2v) is 5.04. The third kappa shape index (κ3) is 5.11. The number of hydrogen-bond donors (Lipinski definition) is 0. The number of rotatable bonds is 6. The van der Waals surface area contributed by atoms with Gasteiger partial charge in [-0.1, -0.05) is 44.2 Å². The summed E-state index contributed by atoms with van der Waals surface area (Å²) in [6, 6.07) is 10.6. The molecular weight excluding hydrogens is 196 g/mol. The fraction of sp³-hybridized carbons (Fsp3) is 0.533. The van der Waals surface area contributed by atoms with Crippen LogP contribution in [0, 0.1) is 11.8 Å². The van der Waals surface area contributed by atoms with Gasteiger partial charge in [0.2, 0.25) is 0 Å². The lowest BCUT2D eigenvalue weighted by Crippen LogP contribution is -2.09. The first-order chi connectivity index (χ1) is 7.58. The van der Waals surface area contributed by atoms with E-state index in [1.165, 1.54) is 5.56 Å². The summed E-state index contributed by atoms with van der Waals surface area (Å²) in [5.74, 6) is 1.47. The molecule has 16 heavy (non-hydrogen) atoms. The number of Topliss-reactive ketones (excluding diaryl/α,β-unsaturated/α-hetero) is 1. The van der Waals surface area contributed by atoms with Crippen molar-refractivity contribution in [3.05, 3.63) is 35.9 Å². The van der Waals surface area contributed by atoms with Crippen LogP contribution in [0.25, 0.3) is 0 Å². The van der Waals surface area contributed by atoms with Crippen LogP contribution in [0.2, 0.25) is 0 Å². The van der Waals surface area contributed by atoms with Gasteiger partial charge < -0.3 is 4.79 Å². The topological polar surface area (TPSA) is 17.1 Å². The monoisotopic (exact) mass is 218 g/mol. The Bertz CT molecular complexity index is 315. The smallest absolute Gasteiger partial charge is 0.130 e. The summed E-state index contributed by atoms with van der Waals surface area (Å²) in [6.45, 7) is 6.12. The number of ketones is 1. The fourth-order valence-electron chi connectivity index (χ4n) is 2.36. The highest BCUT2D eigenvalue weighted by molar-refractivity contribution is 5.75. The molecule has 0 fully saturated rings. The van der Waals surface area contributed by atoms with Crippen molar-refractivity contribution in [3.8, 4) is 0 Å². The first-order valence-corrected chi connectivity index (χ1v) is 6.11. The molecule has 1 heteroatoms. The quantitative estimate of drug-likeness (QED) is 0.708. The largest absolute Gasteiger partial charge is 0.300 e. The molecule has 0 amide bonds. The average Bonchev–Trinajstić information content (AvgIpc) is 2.17. The lowest BCUT2D eigenvalue weighted by molar-refractivity contribution is -0.117. The van der Waals surface area contributed by atoms with Crippen molar-refractivity contribution in [2.24, 2.45) is 11.8 Å². The Hall–Kier alpha value is -1.11. The maximum Gasteiger partial charge on any atom is 0.130 e. The van der Waals surface area contributed by atoms with Gasteiger partial charge in [0.1, 0.15) is 5.78 Å². The molecular formula is C15H22O. The van der Waals surface area contributed by atoms with Crippen LogP contribution in [0.5, 0.6) is 0 Å². The molecule has 0 saturated carbocycles. The third-order valence-electron chi connectivity index (χ3n) is 2.87. The maximum atomic E-state index is 11.0. The van der Waals surface area contributed by atoms with Crippen LogP contribution in [-0.4, -0.2) is 5.78 Å². The van der Waals surface area contributed by atoms with Crippen molar-refractivity contribution in [3.63, 3.8) is 0 Å². The van der Waals surface area contributed by atoms with E-state index in [0.717, 1.165) is 19.3 Å². The molecule has 2 atom stereocenters. The molecule has 0 saturated heterocycles. The van der Waals surface area contributed by atoms with Crippen LogP contribution in [0.1, 0.15) is 39.2 Å². The van der Waals surface area contributed by atoms with E-state index in [2.05, 4.69) is 38.1 Å². The highest BCUT2D eigenvalue weighted by Crippen LogP contribution is 2.19. The summed E-state index contributed by atoms with van der Waals surface area (Å²) in [5.41, 5.74) is 1.39. The van der Waals surface area contributed by atoms with Gasteiger partial charge >= 0.3 is 0 Å². The number of hydrogen-bond acceptors (Lipinski definition) is 1. The predicted octanol–water partition coefficient (Wildman–Crippen LogP) is 3.87. The van der Waals surface area contributed by atoms with Crippen LogP contribution >= 0.6 is 0 Å². The number of benzene rings is 1. The van der Waals surface area contributed by atoms with Crippen molar-refractivity contribution in [2.75, 3.05) is 0 Å². The normalized spacial score (nSPS) is 14.4. The summed E-state index contributed by atoms with van der Waals surface area (Å²) in [6.07, 6.45) is 2.97. The van der Waals surface area contributed by atoms with Crippen LogP contribution in [-0.2, 0) is 11.2 Å². The van der Waals surface area contributed by atoms with E-state index >= 15 is 0 Å². The van der Waals surface area contributed by atoms with Gasteiger partial charge in [0.15, 0.2) is 0 Å². The Morgan fingerprint density at radius 3 is 2.31 bits per heavy atom. The second-order valence-electron chi connectivity index (χ2n) is 5.04. The van der Waals surface area contributed by atoms with Gasteiger partial charge in [-0.3, -0.25) is 0 Å². The highest BCUT2D eigenvalue weighted by atomic mass is 16.1. The molecule has 1 rings (SSSR count).